The summed E-state index contributed by atoms with van der Waals surface area (Å²) in [5.41, 5.74) is 2.29. The van der Waals surface area contributed by atoms with Crippen LogP contribution in [0.5, 0.6) is 5.75 Å². The number of rotatable bonds is 7. The van der Waals surface area contributed by atoms with Crippen LogP contribution < -0.4 is 14.4 Å². The molecular formula is C23H28N2O4S. The van der Waals surface area contributed by atoms with E-state index in [-0.39, 0.29) is 24.3 Å². The summed E-state index contributed by atoms with van der Waals surface area (Å²) >= 11 is 0. The third-order valence-corrected chi connectivity index (χ3v) is 7.57. The van der Waals surface area contributed by atoms with Gasteiger partial charge in [-0.15, -0.1) is 0 Å². The number of carbonyl (C=O) groups is 1. The van der Waals surface area contributed by atoms with Crippen LogP contribution in [0.1, 0.15) is 48.0 Å². The van der Waals surface area contributed by atoms with E-state index >= 15 is 0 Å². The zero-order valence-electron chi connectivity index (χ0n) is 17.0. The Balaban J connectivity index is 1.28. The average molecular weight is 429 g/mol. The van der Waals surface area contributed by atoms with Gasteiger partial charge in [0, 0.05) is 18.7 Å². The van der Waals surface area contributed by atoms with Crippen molar-refractivity contribution in [2.45, 2.75) is 44.6 Å². The fourth-order valence-electron chi connectivity index (χ4n) is 4.16. The Morgan fingerprint density at radius 1 is 1.03 bits per heavy atom. The minimum Gasteiger partial charge on any atom is -0.490 e. The summed E-state index contributed by atoms with van der Waals surface area (Å²) in [4.78, 5) is 12.4. The maximum Gasteiger partial charge on any atom is 0.251 e. The fourth-order valence-corrected chi connectivity index (χ4v) is 5.59. The lowest BCUT2D eigenvalue weighted by molar-refractivity contribution is 0.0956. The highest BCUT2D eigenvalue weighted by Gasteiger charge is 2.28. The highest BCUT2D eigenvalue weighted by molar-refractivity contribution is 7.92. The van der Waals surface area contributed by atoms with Gasteiger partial charge in [0.1, 0.15) is 5.75 Å². The van der Waals surface area contributed by atoms with E-state index < -0.39 is 10.0 Å². The van der Waals surface area contributed by atoms with Gasteiger partial charge in [-0.05, 0) is 68.0 Å². The van der Waals surface area contributed by atoms with Gasteiger partial charge in [0.05, 0.1) is 17.5 Å². The normalized spacial score (nSPS) is 16.9. The SMILES string of the molecule is O=C(NCCS(=O)(=O)N1CCc2ccccc21)c1ccc(OC2CCCCC2)cc1. The first kappa shape index (κ1) is 20.7. The molecule has 160 valence electrons. The molecule has 6 nitrogen and oxygen atoms in total. The van der Waals surface area contributed by atoms with Crippen LogP contribution in [0.15, 0.2) is 48.5 Å². The zero-order valence-corrected chi connectivity index (χ0v) is 17.9. The number of hydrogen-bond acceptors (Lipinski definition) is 4. The molecule has 2 aromatic rings. The van der Waals surface area contributed by atoms with Gasteiger partial charge < -0.3 is 10.1 Å². The first-order chi connectivity index (χ1) is 14.5. The molecule has 1 N–H and O–H groups in total. The first-order valence-electron chi connectivity index (χ1n) is 10.7. The molecule has 30 heavy (non-hydrogen) atoms. The Morgan fingerprint density at radius 2 is 1.77 bits per heavy atom. The van der Waals surface area contributed by atoms with E-state index in [0.717, 1.165) is 36.3 Å². The van der Waals surface area contributed by atoms with Gasteiger partial charge in [-0.1, -0.05) is 24.6 Å². The predicted molar refractivity (Wildman–Crippen MR) is 118 cm³/mol. The predicted octanol–water partition coefficient (Wildman–Crippen LogP) is 3.52. The Bertz CT molecular complexity index is 983. The second kappa shape index (κ2) is 9.08. The smallest absolute Gasteiger partial charge is 0.251 e. The van der Waals surface area contributed by atoms with Crippen LogP contribution in [0.4, 0.5) is 5.69 Å². The van der Waals surface area contributed by atoms with Gasteiger partial charge in [0.15, 0.2) is 0 Å². The first-order valence-corrected chi connectivity index (χ1v) is 12.3. The van der Waals surface area contributed by atoms with Crippen molar-refractivity contribution >= 4 is 21.6 Å². The standard InChI is InChI=1S/C23H28N2O4S/c26-23(19-10-12-21(13-11-19)29-20-7-2-1-3-8-20)24-15-17-30(27,28)25-16-14-18-6-4-5-9-22(18)25/h4-6,9-13,20H,1-3,7-8,14-17H2,(H,24,26). The number of nitrogens with zero attached hydrogens (tertiary/aromatic N) is 1. The van der Waals surface area contributed by atoms with E-state index in [2.05, 4.69) is 5.32 Å². The monoisotopic (exact) mass is 428 g/mol. The van der Waals surface area contributed by atoms with Gasteiger partial charge >= 0.3 is 0 Å². The van der Waals surface area contributed by atoms with Crippen LogP contribution in [-0.2, 0) is 16.4 Å². The molecule has 7 heteroatoms. The number of carbonyl (C=O) groups excluding carboxylic acids is 1. The molecule has 0 aromatic heterocycles. The largest absolute Gasteiger partial charge is 0.490 e. The highest BCUT2D eigenvalue weighted by Crippen LogP contribution is 2.30. The van der Waals surface area contributed by atoms with Crippen molar-refractivity contribution in [3.05, 3.63) is 59.7 Å². The Labute approximate surface area is 178 Å². The minimum absolute atomic E-state index is 0.0696. The Hall–Kier alpha value is -2.54. The van der Waals surface area contributed by atoms with Crippen molar-refractivity contribution in [3.63, 3.8) is 0 Å². The topological polar surface area (TPSA) is 75.7 Å². The molecule has 1 heterocycles. The number of benzene rings is 2. The minimum atomic E-state index is -3.48. The molecule has 1 amide bonds. The number of anilines is 1. The van der Waals surface area contributed by atoms with E-state index in [1.54, 1.807) is 24.3 Å². The number of hydrogen-bond donors (Lipinski definition) is 1. The molecule has 0 unspecified atom stereocenters. The molecule has 2 aromatic carbocycles. The van der Waals surface area contributed by atoms with E-state index in [0.29, 0.717) is 12.1 Å². The summed E-state index contributed by atoms with van der Waals surface area (Å²) in [5, 5.41) is 2.72. The van der Waals surface area contributed by atoms with Crippen molar-refractivity contribution in [2.24, 2.45) is 0 Å². The summed E-state index contributed by atoms with van der Waals surface area (Å²) < 4.78 is 32.8. The van der Waals surface area contributed by atoms with E-state index in [1.165, 1.54) is 23.6 Å². The van der Waals surface area contributed by atoms with E-state index in [1.807, 2.05) is 24.3 Å². The van der Waals surface area contributed by atoms with Crippen LogP contribution in [0.3, 0.4) is 0 Å². The van der Waals surface area contributed by atoms with Crippen LogP contribution in [0.25, 0.3) is 0 Å². The number of amides is 1. The summed E-state index contributed by atoms with van der Waals surface area (Å²) in [5.74, 6) is 0.362. The van der Waals surface area contributed by atoms with Gasteiger partial charge in [0.25, 0.3) is 5.91 Å². The van der Waals surface area contributed by atoms with Gasteiger partial charge in [0.2, 0.25) is 10.0 Å². The number of sulfonamides is 1. The van der Waals surface area contributed by atoms with Crippen molar-refractivity contribution in [1.82, 2.24) is 5.32 Å². The van der Waals surface area contributed by atoms with Gasteiger partial charge in [-0.3, -0.25) is 9.10 Å². The van der Waals surface area contributed by atoms with Crippen LogP contribution >= 0.6 is 0 Å². The average Bonchev–Trinajstić information content (AvgIpc) is 3.20. The summed E-state index contributed by atoms with van der Waals surface area (Å²) in [7, 11) is -3.48. The lowest BCUT2D eigenvalue weighted by atomic mass is 9.98. The van der Waals surface area contributed by atoms with Crippen LogP contribution in [-0.4, -0.2) is 39.3 Å². The zero-order chi connectivity index (χ0) is 21.0. The third kappa shape index (κ3) is 4.78. The summed E-state index contributed by atoms with van der Waals surface area (Å²) in [6, 6.07) is 14.6. The van der Waals surface area contributed by atoms with Gasteiger partial charge in [-0.25, -0.2) is 8.42 Å². The van der Waals surface area contributed by atoms with Crippen molar-refractivity contribution in [2.75, 3.05) is 23.1 Å². The number of para-hydroxylation sites is 1. The molecule has 0 spiro atoms. The van der Waals surface area contributed by atoms with Crippen molar-refractivity contribution < 1.29 is 17.9 Å². The maximum atomic E-state index is 12.7. The Morgan fingerprint density at radius 3 is 2.53 bits per heavy atom. The van der Waals surface area contributed by atoms with Crippen LogP contribution in [0, 0.1) is 0 Å². The van der Waals surface area contributed by atoms with Crippen molar-refractivity contribution in [3.8, 4) is 5.75 Å². The van der Waals surface area contributed by atoms with Crippen molar-refractivity contribution in [1.29, 1.82) is 0 Å². The molecule has 0 radical (unpaired) electrons. The molecule has 0 bridgehead atoms. The molecular weight excluding hydrogens is 400 g/mol. The fraction of sp³-hybridized carbons (Fsp3) is 0.435. The van der Waals surface area contributed by atoms with E-state index in [4.69, 9.17) is 4.74 Å². The quantitative estimate of drug-likeness (QED) is 0.732. The molecule has 1 aliphatic carbocycles. The maximum absolute atomic E-state index is 12.7. The third-order valence-electron chi connectivity index (χ3n) is 5.80. The summed E-state index contributed by atoms with van der Waals surface area (Å²) in [6.07, 6.45) is 6.83. The lowest BCUT2D eigenvalue weighted by Gasteiger charge is -2.23. The number of ether oxygens (including phenoxy) is 1. The summed E-state index contributed by atoms with van der Waals surface area (Å²) in [6.45, 7) is 0.526. The molecule has 1 saturated carbocycles. The molecule has 1 aliphatic heterocycles. The Kier molecular flexibility index (Phi) is 6.27. The molecule has 4 rings (SSSR count). The number of nitrogens with one attached hydrogen (secondary N) is 1. The number of fused-ring (bicyclic) bond motifs is 1. The van der Waals surface area contributed by atoms with Gasteiger partial charge in [-0.2, -0.15) is 0 Å². The second-order valence-electron chi connectivity index (χ2n) is 7.93. The molecule has 0 saturated heterocycles. The van der Waals surface area contributed by atoms with Crippen LogP contribution in [0.2, 0.25) is 0 Å². The molecule has 2 aliphatic rings. The second-order valence-corrected chi connectivity index (χ2v) is 9.94. The highest BCUT2D eigenvalue weighted by atomic mass is 32.2. The molecule has 1 fully saturated rings. The molecule has 0 atom stereocenters. The lowest BCUT2D eigenvalue weighted by Crippen LogP contribution is -2.37. The van der Waals surface area contributed by atoms with E-state index in [9.17, 15) is 13.2 Å².